The minimum Gasteiger partial charge on any atom is -0.496 e. The molecule has 0 aliphatic carbocycles. The summed E-state index contributed by atoms with van der Waals surface area (Å²) in [6, 6.07) is 22.1. The molecule has 2 N–H and O–H groups in total. The van der Waals surface area contributed by atoms with E-state index in [9.17, 15) is 13.2 Å². The lowest BCUT2D eigenvalue weighted by Gasteiger charge is -2.13. The summed E-state index contributed by atoms with van der Waals surface area (Å²) in [5.41, 5.74) is 3.98. The maximum atomic E-state index is 13.2. The Morgan fingerprint density at radius 2 is 1.68 bits per heavy atom. The summed E-state index contributed by atoms with van der Waals surface area (Å²) in [6.45, 7) is 2.51. The Morgan fingerprint density at radius 3 is 2.34 bits per heavy atom. The lowest BCUT2D eigenvalue weighted by atomic mass is 10.1. The number of hydrogen-bond donors (Lipinski definition) is 2. The van der Waals surface area contributed by atoms with Crippen molar-refractivity contribution in [3.8, 4) is 17.0 Å². The first-order chi connectivity index (χ1) is 18.7. The molecule has 1 aromatic heterocycles. The second-order valence-electron chi connectivity index (χ2n) is 8.53. The number of nitrogens with zero attached hydrogens (tertiary/aromatic N) is 2. The molecule has 3 aromatic carbocycles. The van der Waals surface area contributed by atoms with Gasteiger partial charge in [0.2, 0.25) is 10.0 Å². The van der Waals surface area contributed by atoms with Gasteiger partial charge in [-0.1, -0.05) is 42.5 Å². The number of anilines is 2. The zero-order chi connectivity index (χ0) is 28.0. The van der Waals surface area contributed by atoms with Crippen LogP contribution >= 0.6 is 0 Å². The number of carbonyl (C=O) groups excluding carboxylic acids is 1. The zero-order valence-corrected chi connectivity index (χ0v) is 22.0. The van der Waals surface area contributed by atoms with Crippen molar-refractivity contribution >= 4 is 27.4 Å². The molecule has 196 valence electrons. The van der Waals surface area contributed by atoms with Gasteiger partial charge in [-0.2, -0.15) is 0 Å². The maximum absolute atomic E-state index is 13.2. The van der Waals surface area contributed by atoms with Crippen LogP contribution < -0.4 is 14.8 Å². The van der Waals surface area contributed by atoms with E-state index in [1.54, 1.807) is 37.3 Å². The topological polar surface area (TPSA) is 120 Å². The average molecular weight is 534 g/mol. The van der Waals surface area contributed by atoms with E-state index in [4.69, 9.17) is 10.9 Å². The smallest absolute Gasteiger partial charge is 0.259 e. The SMILES string of the molecule is [2H]N(c1nc(-c2ccc(OC)c(C(=O)Nc3ccc(COCc4ccccc4)cc3)c2)cnc1C)S(C)(=O)=O. The Morgan fingerprint density at radius 1 is 1.00 bits per heavy atom. The highest BCUT2D eigenvalue weighted by atomic mass is 32.2. The molecule has 0 saturated carbocycles. The van der Waals surface area contributed by atoms with Crippen molar-refractivity contribution in [3.63, 3.8) is 0 Å². The molecule has 0 aliphatic heterocycles. The molecule has 4 aromatic rings. The van der Waals surface area contributed by atoms with Gasteiger partial charge in [0.25, 0.3) is 5.91 Å². The molecule has 0 atom stereocenters. The number of amides is 1. The fourth-order valence-corrected chi connectivity index (χ4v) is 4.10. The molecular weight excluding hydrogens is 504 g/mol. The van der Waals surface area contributed by atoms with E-state index < -0.39 is 15.9 Å². The third-order valence-corrected chi connectivity index (χ3v) is 6.02. The maximum Gasteiger partial charge on any atom is 0.259 e. The molecule has 0 unspecified atom stereocenters. The molecule has 1 amide bonds. The lowest BCUT2D eigenvalue weighted by molar-refractivity contribution is 0.102. The van der Waals surface area contributed by atoms with E-state index in [1.165, 1.54) is 13.3 Å². The predicted octanol–water partition coefficient (Wildman–Crippen LogP) is 4.80. The molecule has 0 bridgehead atoms. The molecule has 0 aliphatic rings. The van der Waals surface area contributed by atoms with E-state index >= 15 is 0 Å². The van der Waals surface area contributed by atoms with Gasteiger partial charge in [-0.3, -0.25) is 14.5 Å². The van der Waals surface area contributed by atoms with Crippen LogP contribution in [-0.4, -0.2) is 37.7 Å². The van der Waals surface area contributed by atoms with E-state index in [0.717, 1.165) is 17.4 Å². The van der Waals surface area contributed by atoms with Crippen LogP contribution in [0.2, 0.25) is 1.41 Å². The van der Waals surface area contributed by atoms with E-state index in [-0.39, 0.29) is 17.1 Å². The van der Waals surface area contributed by atoms with E-state index in [1.807, 2.05) is 42.5 Å². The first-order valence-electron chi connectivity index (χ1n) is 12.1. The molecule has 1 heterocycles. The number of rotatable bonds is 10. The molecule has 0 saturated heterocycles. The van der Waals surface area contributed by atoms with Gasteiger partial charge in [0.05, 0.1) is 49.7 Å². The molecule has 0 fully saturated rings. The fourth-order valence-electron chi connectivity index (χ4n) is 3.61. The summed E-state index contributed by atoms with van der Waals surface area (Å²) >= 11 is 0. The summed E-state index contributed by atoms with van der Waals surface area (Å²) in [6.07, 6.45) is 2.37. The van der Waals surface area contributed by atoms with Crippen LogP contribution in [0.5, 0.6) is 5.75 Å². The number of aryl methyl sites for hydroxylation is 1. The van der Waals surface area contributed by atoms with Gasteiger partial charge >= 0.3 is 0 Å². The molecule has 9 nitrogen and oxygen atoms in total. The third-order valence-electron chi connectivity index (χ3n) is 5.51. The Balaban J connectivity index is 1.49. The molecule has 38 heavy (non-hydrogen) atoms. The van der Waals surface area contributed by atoms with Crippen molar-refractivity contribution in [1.29, 1.82) is 0 Å². The predicted molar refractivity (Wildman–Crippen MR) is 147 cm³/mol. The van der Waals surface area contributed by atoms with Crippen molar-refractivity contribution in [3.05, 3.63) is 101 Å². The second kappa shape index (κ2) is 11.8. The van der Waals surface area contributed by atoms with Crippen LogP contribution in [0.15, 0.2) is 79.0 Å². The first kappa shape index (κ1) is 25.4. The number of sulfonamides is 1. The largest absolute Gasteiger partial charge is 0.496 e. The molecule has 10 heteroatoms. The summed E-state index contributed by atoms with van der Waals surface area (Å²) < 4.78 is 43.1. The Labute approximate surface area is 223 Å². The Bertz CT molecular complexity index is 1570. The molecule has 4 rings (SSSR count). The summed E-state index contributed by atoms with van der Waals surface area (Å²) in [4.78, 5) is 21.7. The van der Waals surface area contributed by atoms with Crippen LogP contribution in [0, 0.1) is 6.92 Å². The van der Waals surface area contributed by atoms with Gasteiger partial charge in [0.1, 0.15) is 5.75 Å². The minimum absolute atomic E-state index is 0.121. The number of benzene rings is 3. The second-order valence-corrected chi connectivity index (χ2v) is 10.2. The van der Waals surface area contributed by atoms with Crippen LogP contribution in [0.4, 0.5) is 11.5 Å². The highest BCUT2D eigenvalue weighted by molar-refractivity contribution is 7.92. The minimum atomic E-state index is -3.86. The van der Waals surface area contributed by atoms with Crippen molar-refractivity contribution in [2.75, 3.05) is 23.4 Å². The normalized spacial score (nSPS) is 11.5. The average Bonchev–Trinajstić information content (AvgIpc) is 2.93. The number of ether oxygens (including phenoxy) is 2. The number of nitrogens with one attached hydrogen (secondary N) is 2. The van der Waals surface area contributed by atoms with Crippen molar-refractivity contribution in [2.45, 2.75) is 20.1 Å². The van der Waals surface area contributed by atoms with Gasteiger partial charge < -0.3 is 14.8 Å². The highest BCUT2D eigenvalue weighted by Crippen LogP contribution is 2.28. The number of hydrogen-bond acceptors (Lipinski definition) is 7. The highest BCUT2D eigenvalue weighted by Gasteiger charge is 2.16. The zero-order valence-electron chi connectivity index (χ0n) is 22.2. The van der Waals surface area contributed by atoms with Crippen LogP contribution in [0.25, 0.3) is 11.3 Å². The van der Waals surface area contributed by atoms with Crippen LogP contribution in [0.3, 0.4) is 0 Å². The van der Waals surface area contributed by atoms with E-state index in [2.05, 4.69) is 15.3 Å². The van der Waals surface area contributed by atoms with Gasteiger partial charge in [-0.05, 0) is 48.4 Å². The number of carbonyl (C=O) groups is 1. The molecular formula is C28H28N4O5S. The summed E-state index contributed by atoms with van der Waals surface area (Å²) in [5, 5.41) is 2.87. The molecule has 0 radical (unpaired) electrons. The first-order valence-corrected chi connectivity index (χ1v) is 13.5. The van der Waals surface area contributed by atoms with Crippen molar-refractivity contribution < 1.29 is 24.1 Å². The quantitative estimate of drug-likeness (QED) is 0.300. The van der Waals surface area contributed by atoms with Crippen molar-refractivity contribution in [1.82, 2.24) is 9.97 Å². The van der Waals surface area contributed by atoms with Crippen LogP contribution in [0.1, 0.15) is 27.2 Å². The fraction of sp³-hybridized carbons (Fsp3) is 0.179. The van der Waals surface area contributed by atoms with Crippen molar-refractivity contribution in [2.24, 2.45) is 0 Å². The summed E-state index contributed by atoms with van der Waals surface area (Å²) in [7, 11) is -2.40. The standard InChI is InChI=1S/C28H28N4O5S/c1-19-27(32-38(3,34)35)31-25(16-29-19)22-11-14-26(36-2)24(15-22)28(33)30-23-12-9-21(10-13-23)18-37-17-20-7-5-4-6-8-20/h4-16H,17-18H2,1-3H3,(H,30,33)(H,31,32)/i/hD. The Kier molecular flexibility index (Phi) is 7.91. The van der Waals surface area contributed by atoms with Crippen LogP contribution in [-0.2, 0) is 28.0 Å². The van der Waals surface area contributed by atoms with Gasteiger partial charge in [0, 0.05) is 11.3 Å². The molecule has 0 spiro atoms. The Hall–Kier alpha value is -4.28. The monoisotopic (exact) mass is 533 g/mol. The number of aromatic nitrogens is 2. The summed E-state index contributed by atoms with van der Waals surface area (Å²) in [5.74, 6) is -0.175. The van der Waals surface area contributed by atoms with E-state index in [0.29, 0.717) is 40.6 Å². The third kappa shape index (κ3) is 7.15. The number of methoxy groups -OCH3 is 1. The van der Waals surface area contributed by atoms with Gasteiger partial charge in [0.15, 0.2) is 7.23 Å². The lowest BCUT2D eigenvalue weighted by Crippen LogP contribution is -2.14. The van der Waals surface area contributed by atoms with Gasteiger partial charge in [-0.25, -0.2) is 13.4 Å². The van der Waals surface area contributed by atoms with Gasteiger partial charge in [-0.15, -0.1) is 0 Å².